The second kappa shape index (κ2) is 8.53. The van der Waals surface area contributed by atoms with Gasteiger partial charge < -0.3 is 19.5 Å². The minimum Gasteiger partial charge on any atom is -0.497 e. The number of hydrogen-bond acceptors (Lipinski definition) is 5. The van der Waals surface area contributed by atoms with Crippen LogP contribution in [0.25, 0.3) is 11.4 Å². The molecule has 2 heterocycles. The van der Waals surface area contributed by atoms with Crippen molar-refractivity contribution in [2.45, 2.75) is 18.8 Å². The van der Waals surface area contributed by atoms with Crippen molar-refractivity contribution in [2.75, 3.05) is 25.5 Å². The van der Waals surface area contributed by atoms with Gasteiger partial charge in [-0.1, -0.05) is 35.0 Å². The first-order chi connectivity index (χ1) is 14.1. The van der Waals surface area contributed by atoms with Crippen molar-refractivity contribution in [1.29, 1.82) is 0 Å². The minimum atomic E-state index is -0.123. The number of methoxy groups -OCH3 is 1. The van der Waals surface area contributed by atoms with Crippen molar-refractivity contribution < 1.29 is 14.1 Å². The van der Waals surface area contributed by atoms with Crippen LogP contribution in [0.3, 0.4) is 0 Å². The molecule has 1 aromatic heterocycles. The van der Waals surface area contributed by atoms with Crippen LogP contribution in [0.2, 0.25) is 5.02 Å². The molecule has 1 N–H and O–H groups in total. The van der Waals surface area contributed by atoms with Gasteiger partial charge in [0.15, 0.2) is 0 Å². The standard InChI is InChI=1S/C21H21ClN4O3/c1-28-18-7-3-6-17(13-18)23-21(27)26-10-8-14(9-11-26)20-24-19(25-29-20)15-4-2-5-16(22)12-15/h2-7,12-14H,8-11H2,1H3,(H,23,27). The Kier molecular flexibility index (Phi) is 5.67. The highest BCUT2D eigenvalue weighted by Gasteiger charge is 2.27. The Morgan fingerprint density at radius 2 is 2.00 bits per heavy atom. The molecular formula is C21H21ClN4O3. The zero-order chi connectivity index (χ0) is 20.2. The predicted molar refractivity (Wildman–Crippen MR) is 110 cm³/mol. The van der Waals surface area contributed by atoms with Crippen molar-refractivity contribution in [3.8, 4) is 17.1 Å². The zero-order valence-electron chi connectivity index (χ0n) is 16.0. The molecule has 2 aromatic carbocycles. The quantitative estimate of drug-likeness (QED) is 0.665. The van der Waals surface area contributed by atoms with Crippen LogP contribution in [0.15, 0.2) is 53.1 Å². The number of likely N-dealkylation sites (tertiary alicyclic amines) is 1. The van der Waals surface area contributed by atoms with Gasteiger partial charge in [-0.05, 0) is 37.1 Å². The molecule has 1 fully saturated rings. The van der Waals surface area contributed by atoms with Crippen molar-refractivity contribution in [3.05, 3.63) is 59.4 Å². The number of piperidine rings is 1. The number of carbonyl (C=O) groups excluding carboxylic acids is 1. The molecule has 0 atom stereocenters. The van der Waals surface area contributed by atoms with Gasteiger partial charge in [-0.2, -0.15) is 4.98 Å². The summed E-state index contributed by atoms with van der Waals surface area (Å²) in [7, 11) is 1.60. The molecule has 1 aliphatic heterocycles. The Balaban J connectivity index is 1.35. The minimum absolute atomic E-state index is 0.123. The number of halogens is 1. The Hall–Kier alpha value is -3.06. The lowest BCUT2D eigenvalue weighted by molar-refractivity contribution is 0.187. The lowest BCUT2D eigenvalue weighted by Gasteiger charge is -2.30. The van der Waals surface area contributed by atoms with Crippen molar-refractivity contribution in [2.24, 2.45) is 0 Å². The molecule has 3 aromatic rings. The summed E-state index contributed by atoms with van der Waals surface area (Å²) in [4.78, 5) is 18.9. The summed E-state index contributed by atoms with van der Waals surface area (Å²) in [6, 6.07) is 14.5. The summed E-state index contributed by atoms with van der Waals surface area (Å²) < 4.78 is 10.7. The SMILES string of the molecule is COc1cccc(NC(=O)N2CCC(c3nc(-c4cccc(Cl)c4)no3)CC2)c1. The molecule has 0 radical (unpaired) electrons. The van der Waals surface area contributed by atoms with E-state index in [1.807, 2.05) is 36.4 Å². The van der Waals surface area contributed by atoms with E-state index in [1.165, 1.54) is 0 Å². The average molecular weight is 413 g/mol. The van der Waals surface area contributed by atoms with E-state index < -0.39 is 0 Å². The van der Waals surface area contributed by atoms with Gasteiger partial charge >= 0.3 is 6.03 Å². The maximum atomic E-state index is 12.5. The van der Waals surface area contributed by atoms with Crippen molar-refractivity contribution in [1.82, 2.24) is 15.0 Å². The van der Waals surface area contributed by atoms with Gasteiger partial charge in [-0.25, -0.2) is 4.79 Å². The molecule has 2 amide bonds. The first-order valence-electron chi connectivity index (χ1n) is 9.42. The molecule has 0 unspecified atom stereocenters. The third-order valence-electron chi connectivity index (χ3n) is 4.98. The third-order valence-corrected chi connectivity index (χ3v) is 5.21. The monoisotopic (exact) mass is 412 g/mol. The number of nitrogens with zero attached hydrogens (tertiary/aromatic N) is 3. The largest absolute Gasteiger partial charge is 0.497 e. The van der Waals surface area contributed by atoms with Crippen LogP contribution < -0.4 is 10.1 Å². The molecule has 7 nitrogen and oxygen atoms in total. The summed E-state index contributed by atoms with van der Waals surface area (Å²) >= 11 is 6.03. The van der Waals surface area contributed by atoms with Crippen LogP contribution in [-0.2, 0) is 0 Å². The summed E-state index contributed by atoms with van der Waals surface area (Å²) in [6.07, 6.45) is 1.53. The van der Waals surface area contributed by atoms with Gasteiger partial charge in [0, 0.05) is 41.3 Å². The van der Waals surface area contributed by atoms with Crippen molar-refractivity contribution in [3.63, 3.8) is 0 Å². The molecule has 1 saturated heterocycles. The van der Waals surface area contributed by atoms with Gasteiger partial charge in [0.05, 0.1) is 7.11 Å². The molecule has 29 heavy (non-hydrogen) atoms. The Morgan fingerprint density at radius 3 is 2.76 bits per heavy atom. The number of anilines is 1. The fourth-order valence-corrected chi connectivity index (χ4v) is 3.57. The Bertz CT molecular complexity index is 999. The van der Waals surface area contributed by atoms with E-state index in [1.54, 1.807) is 24.1 Å². The molecule has 0 spiro atoms. The second-order valence-electron chi connectivity index (χ2n) is 6.89. The molecule has 0 aliphatic carbocycles. The number of ether oxygens (including phenoxy) is 1. The Labute approximate surface area is 173 Å². The van der Waals surface area contributed by atoms with Crippen LogP contribution in [0.5, 0.6) is 5.75 Å². The highest BCUT2D eigenvalue weighted by Crippen LogP contribution is 2.29. The maximum Gasteiger partial charge on any atom is 0.321 e. The average Bonchev–Trinajstić information content (AvgIpc) is 3.24. The number of benzene rings is 2. The summed E-state index contributed by atoms with van der Waals surface area (Å²) in [5.41, 5.74) is 1.53. The fourth-order valence-electron chi connectivity index (χ4n) is 3.38. The lowest BCUT2D eigenvalue weighted by atomic mass is 9.97. The number of hydrogen-bond donors (Lipinski definition) is 1. The van der Waals surface area contributed by atoms with Crippen LogP contribution in [-0.4, -0.2) is 41.3 Å². The van der Waals surface area contributed by atoms with E-state index >= 15 is 0 Å². The zero-order valence-corrected chi connectivity index (χ0v) is 16.7. The topological polar surface area (TPSA) is 80.5 Å². The van der Waals surface area contributed by atoms with Crippen LogP contribution in [0, 0.1) is 0 Å². The highest BCUT2D eigenvalue weighted by atomic mass is 35.5. The van der Waals surface area contributed by atoms with Crippen molar-refractivity contribution >= 4 is 23.3 Å². The van der Waals surface area contributed by atoms with Crippen LogP contribution >= 0.6 is 11.6 Å². The highest BCUT2D eigenvalue weighted by molar-refractivity contribution is 6.30. The van der Waals surface area contributed by atoms with Gasteiger partial charge in [0.25, 0.3) is 0 Å². The fraction of sp³-hybridized carbons (Fsp3) is 0.286. The second-order valence-corrected chi connectivity index (χ2v) is 7.33. The van der Waals surface area contributed by atoms with Gasteiger partial charge in [0.2, 0.25) is 11.7 Å². The number of urea groups is 1. The number of rotatable bonds is 4. The van der Waals surface area contributed by atoms with E-state index in [-0.39, 0.29) is 11.9 Å². The number of aromatic nitrogens is 2. The summed E-state index contributed by atoms with van der Waals surface area (Å²) in [6.45, 7) is 1.24. The van der Waals surface area contributed by atoms with E-state index in [0.29, 0.717) is 41.3 Å². The van der Waals surface area contributed by atoms with E-state index in [4.69, 9.17) is 20.9 Å². The van der Waals surface area contributed by atoms with Gasteiger partial charge in [-0.15, -0.1) is 0 Å². The molecule has 8 heteroatoms. The normalized spacial score (nSPS) is 14.6. The summed E-state index contributed by atoms with van der Waals surface area (Å²) in [5, 5.41) is 7.62. The van der Waals surface area contributed by atoms with E-state index in [2.05, 4.69) is 15.5 Å². The lowest BCUT2D eigenvalue weighted by Crippen LogP contribution is -2.40. The molecule has 1 aliphatic rings. The molecule has 150 valence electrons. The van der Waals surface area contributed by atoms with E-state index in [9.17, 15) is 4.79 Å². The number of carbonyl (C=O) groups is 1. The van der Waals surface area contributed by atoms with Crippen LogP contribution in [0.4, 0.5) is 10.5 Å². The summed E-state index contributed by atoms with van der Waals surface area (Å²) in [5.74, 6) is 1.97. The third kappa shape index (κ3) is 4.51. The molecule has 0 saturated carbocycles. The molecule has 4 rings (SSSR count). The van der Waals surface area contributed by atoms with Gasteiger partial charge in [0.1, 0.15) is 5.75 Å². The van der Waals surface area contributed by atoms with Gasteiger partial charge in [-0.3, -0.25) is 0 Å². The number of nitrogens with one attached hydrogen (secondary N) is 1. The van der Waals surface area contributed by atoms with Crippen LogP contribution in [0.1, 0.15) is 24.7 Å². The molecular weight excluding hydrogens is 392 g/mol. The smallest absolute Gasteiger partial charge is 0.321 e. The first-order valence-corrected chi connectivity index (χ1v) is 9.79. The maximum absolute atomic E-state index is 12.5. The Morgan fingerprint density at radius 1 is 1.21 bits per heavy atom. The van der Waals surface area contributed by atoms with E-state index in [0.717, 1.165) is 18.4 Å². The number of amides is 2. The molecule has 0 bridgehead atoms. The predicted octanol–water partition coefficient (Wildman–Crippen LogP) is 4.81. The first kappa shape index (κ1) is 19.3.